The minimum atomic E-state index is -0.00309. The van der Waals surface area contributed by atoms with Crippen LogP contribution in [0.15, 0.2) is 11.6 Å². The Kier molecular flexibility index (Phi) is 12.6. The molecule has 4 saturated carbocycles. The van der Waals surface area contributed by atoms with E-state index >= 15 is 0 Å². The summed E-state index contributed by atoms with van der Waals surface area (Å²) in [5.41, 5.74) is 2.93. The quantitative estimate of drug-likeness (QED) is 0.100. The van der Waals surface area contributed by atoms with Gasteiger partial charge in [-0.15, -0.1) is 0 Å². The first-order valence-electron chi connectivity index (χ1n) is 21.7. The van der Waals surface area contributed by atoms with Gasteiger partial charge < -0.3 is 9.84 Å². The topological polar surface area (TPSA) is 46.5 Å². The molecule has 0 spiro atoms. The summed E-state index contributed by atoms with van der Waals surface area (Å²) in [5.74, 6) is 1.82. The molecule has 0 aromatic carbocycles. The number of hydrogen-bond acceptors (Lipinski definition) is 3. The smallest absolute Gasteiger partial charge is 0.306 e. The lowest BCUT2D eigenvalue weighted by molar-refractivity contribution is -0.213. The highest BCUT2D eigenvalue weighted by Gasteiger charge is 2.68. The Morgan fingerprint density at radius 2 is 1.33 bits per heavy atom. The predicted octanol–water partition coefficient (Wildman–Crippen LogP) is 13.2. The van der Waals surface area contributed by atoms with E-state index in [-0.39, 0.29) is 39.1 Å². The van der Waals surface area contributed by atoms with Crippen molar-refractivity contribution in [2.24, 2.45) is 50.2 Å². The summed E-state index contributed by atoms with van der Waals surface area (Å²) in [6.45, 7) is 20.4. The van der Waals surface area contributed by atoms with Crippen LogP contribution < -0.4 is 0 Å². The van der Waals surface area contributed by atoms with E-state index in [2.05, 4.69) is 61.5 Å². The van der Waals surface area contributed by atoms with Crippen LogP contribution in [-0.4, -0.2) is 23.8 Å². The number of carbonyl (C=O) groups excluding carboxylic acids is 1. The van der Waals surface area contributed by atoms with E-state index in [0.29, 0.717) is 36.2 Å². The molecule has 5 rings (SSSR count). The molecule has 0 amide bonds. The summed E-state index contributed by atoms with van der Waals surface area (Å²) in [7, 11) is 0. The molecule has 5 aliphatic carbocycles. The summed E-state index contributed by atoms with van der Waals surface area (Å²) in [5, 5.41) is 10.8. The maximum atomic E-state index is 13.2. The lowest BCUT2D eigenvalue weighted by Crippen LogP contribution is -2.65. The average Bonchev–Trinajstić information content (AvgIpc) is 3.05. The molecule has 1 N–H and O–H groups in total. The molecule has 3 heteroatoms. The van der Waals surface area contributed by atoms with Gasteiger partial charge in [0.25, 0.3) is 0 Å². The van der Waals surface area contributed by atoms with Crippen molar-refractivity contribution in [2.45, 2.75) is 216 Å². The van der Waals surface area contributed by atoms with Crippen LogP contribution in [0.3, 0.4) is 0 Å². The van der Waals surface area contributed by atoms with Gasteiger partial charge in [-0.25, -0.2) is 0 Å². The van der Waals surface area contributed by atoms with Crippen LogP contribution >= 0.6 is 0 Å². The Labute approximate surface area is 304 Å². The lowest BCUT2D eigenvalue weighted by Gasteiger charge is -2.71. The Balaban J connectivity index is 1.13. The number of aliphatic hydroxyl groups excluding tert-OH is 1. The molecule has 0 heterocycles. The second kappa shape index (κ2) is 15.6. The maximum absolute atomic E-state index is 13.2. The van der Waals surface area contributed by atoms with Crippen molar-refractivity contribution >= 4 is 5.97 Å². The average molecular weight is 681 g/mol. The van der Waals surface area contributed by atoms with Crippen LogP contribution in [0.2, 0.25) is 0 Å². The van der Waals surface area contributed by atoms with Crippen molar-refractivity contribution in [1.82, 2.24) is 0 Å². The second-order valence-electron chi connectivity index (χ2n) is 20.6. The monoisotopic (exact) mass is 681 g/mol. The summed E-state index contributed by atoms with van der Waals surface area (Å²) >= 11 is 0. The van der Waals surface area contributed by atoms with Crippen molar-refractivity contribution < 1.29 is 14.6 Å². The van der Waals surface area contributed by atoms with Crippen molar-refractivity contribution in [3.63, 3.8) is 0 Å². The van der Waals surface area contributed by atoms with Gasteiger partial charge >= 0.3 is 5.97 Å². The molecule has 49 heavy (non-hydrogen) atoms. The molecule has 0 unspecified atom stereocenters. The molecule has 0 bridgehead atoms. The van der Waals surface area contributed by atoms with Crippen LogP contribution in [0.1, 0.15) is 209 Å². The van der Waals surface area contributed by atoms with E-state index in [9.17, 15) is 9.90 Å². The molecule has 5 aliphatic rings. The molecule has 0 aromatic heterocycles. The highest BCUT2D eigenvalue weighted by Crippen LogP contribution is 2.75. The van der Waals surface area contributed by atoms with Gasteiger partial charge in [-0.2, -0.15) is 0 Å². The number of unbranched alkanes of at least 4 members (excludes halogenated alkanes) is 12. The summed E-state index contributed by atoms with van der Waals surface area (Å²) in [6.07, 6.45) is 32.6. The summed E-state index contributed by atoms with van der Waals surface area (Å²) < 4.78 is 6.40. The van der Waals surface area contributed by atoms with Crippen molar-refractivity contribution in [3.05, 3.63) is 11.6 Å². The number of carbonyl (C=O) groups is 1. The number of hydrogen-bond donors (Lipinski definition) is 1. The molecule has 0 saturated heterocycles. The van der Waals surface area contributed by atoms with Crippen LogP contribution in [0, 0.1) is 50.2 Å². The molecule has 3 nitrogen and oxygen atoms in total. The van der Waals surface area contributed by atoms with E-state index in [1.807, 2.05) is 0 Å². The van der Waals surface area contributed by atoms with Crippen LogP contribution in [0.25, 0.3) is 0 Å². The molecule has 0 aliphatic heterocycles. The third kappa shape index (κ3) is 7.65. The molecule has 4 fully saturated rings. The van der Waals surface area contributed by atoms with E-state index in [1.165, 1.54) is 128 Å². The van der Waals surface area contributed by atoms with Crippen molar-refractivity contribution in [3.8, 4) is 0 Å². The van der Waals surface area contributed by atoms with Gasteiger partial charge in [-0.1, -0.05) is 144 Å². The normalized spacial score (nSPS) is 39.2. The van der Waals surface area contributed by atoms with Crippen LogP contribution in [-0.2, 0) is 9.53 Å². The number of rotatable bonds is 16. The second-order valence-corrected chi connectivity index (χ2v) is 20.6. The molecule has 0 aromatic rings. The highest BCUT2D eigenvalue weighted by molar-refractivity contribution is 5.69. The van der Waals surface area contributed by atoms with E-state index < -0.39 is 0 Å². The SMILES string of the molecule is CCCCCCCCCCCCCCCC(=O)O[C@H]1CC[C@@]2(C)[C@@H](CC[C@]3(C)[C@H]2CC=C2[C@@H]4CC(C)(C)CC[C@]4(CO)CC[C@]23C)C1(C)C. The molecule has 282 valence electrons. The van der Waals surface area contributed by atoms with Gasteiger partial charge in [0.2, 0.25) is 0 Å². The largest absolute Gasteiger partial charge is 0.462 e. The van der Waals surface area contributed by atoms with Gasteiger partial charge in [0.15, 0.2) is 0 Å². The van der Waals surface area contributed by atoms with E-state index in [4.69, 9.17) is 4.74 Å². The third-order valence-electron chi connectivity index (χ3n) is 16.8. The van der Waals surface area contributed by atoms with E-state index in [0.717, 1.165) is 19.3 Å². The van der Waals surface area contributed by atoms with Gasteiger partial charge in [0.05, 0.1) is 0 Å². The first-order chi connectivity index (χ1) is 23.2. The maximum Gasteiger partial charge on any atom is 0.306 e. The number of aliphatic hydroxyl groups is 1. The van der Waals surface area contributed by atoms with Crippen LogP contribution in [0.4, 0.5) is 0 Å². The highest BCUT2D eigenvalue weighted by atomic mass is 16.5. The number of fused-ring (bicyclic) bond motifs is 7. The Hall–Kier alpha value is -0.830. The standard InChI is InChI=1S/C46H80O3/c1-9-10-11-12-13-14-15-16-17-18-19-20-21-22-40(48)49-39-26-27-43(6)37(42(39,4)5)25-28-45(8)38(43)24-23-35-36-33-41(2,3)29-31-46(36,34-47)32-30-44(35,45)7/h23,36-39,47H,9-22,24-34H2,1-8H3/t36-,37-,38-,39-,43-,44+,45+,46+/m0/s1. The molecular formula is C46H80O3. The lowest BCUT2D eigenvalue weighted by atomic mass is 9.33. The van der Waals surface area contributed by atoms with E-state index in [1.54, 1.807) is 5.57 Å². The fourth-order valence-electron chi connectivity index (χ4n) is 13.3. The minimum absolute atomic E-state index is 0.00309. The van der Waals surface area contributed by atoms with Gasteiger partial charge in [0.1, 0.15) is 6.10 Å². The number of esters is 1. The Morgan fingerprint density at radius 1 is 0.735 bits per heavy atom. The van der Waals surface area contributed by atoms with Crippen molar-refractivity contribution in [1.29, 1.82) is 0 Å². The molecule has 0 radical (unpaired) electrons. The van der Waals surface area contributed by atoms with Crippen LogP contribution in [0.5, 0.6) is 0 Å². The first-order valence-corrected chi connectivity index (χ1v) is 21.7. The number of ether oxygens (including phenoxy) is 1. The molecular weight excluding hydrogens is 601 g/mol. The fraction of sp³-hybridized carbons (Fsp3) is 0.935. The summed E-state index contributed by atoms with van der Waals surface area (Å²) in [4.78, 5) is 13.2. The zero-order valence-electron chi connectivity index (χ0n) is 33.8. The first kappa shape index (κ1) is 39.4. The number of allylic oxidation sites excluding steroid dienone is 2. The Bertz CT molecular complexity index is 1140. The summed E-state index contributed by atoms with van der Waals surface area (Å²) in [6, 6.07) is 0. The predicted molar refractivity (Wildman–Crippen MR) is 206 cm³/mol. The zero-order valence-corrected chi connectivity index (χ0v) is 33.8. The minimum Gasteiger partial charge on any atom is -0.462 e. The fourth-order valence-corrected chi connectivity index (χ4v) is 13.3. The van der Waals surface area contributed by atoms with Gasteiger partial charge in [0, 0.05) is 23.9 Å². The van der Waals surface area contributed by atoms with Crippen molar-refractivity contribution in [2.75, 3.05) is 6.61 Å². The Morgan fingerprint density at radius 3 is 1.94 bits per heavy atom. The molecule has 8 atom stereocenters. The third-order valence-corrected chi connectivity index (χ3v) is 16.8. The van der Waals surface area contributed by atoms with Gasteiger partial charge in [-0.3, -0.25) is 4.79 Å². The zero-order chi connectivity index (χ0) is 35.6. The van der Waals surface area contributed by atoms with Gasteiger partial charge in [-0.05, 0) is 110 Å².